The topological polar surface area (TPSA) is 15.6 Å². The summed E-state index contributed by atoms with van der Waals surface area (Å²) in [7, 11) is 0. The Morgan fingerprint density at radius 2 is 1.91 bits per heavy atom. The fourth-order valence-corrected chi connectivity index (χ4v) is 3.24. The Morgan fingerprint density at radius 1 is 1.18 bits per heavy atom. The van der Waals surface area contributed by atoms with Crippen LogP contribution in [0.2, 0.25) is 0 Å². The van der Waals surface area contributed by atoms with Gasteiger partial charge >= 0.3 is 0 Å². The highest BCUT2D eigenvalue weighted by Gasteiger charge is 2.17. The monoisotopic (exact) mass is 408 g/mol. The third kappa shape index (κ3) is 3.32. The summed E-state index contributed by atoms with van der Waals surface area (Å²) in [6.07, 6.45) is 4.05. The van der Waals surface area contributed by atoms with Gasteiger partial charge in [-0.3, -0.25) is 4.99 Å². The highest BCUT2D eigenvalue weighted by Crippen LogP contribution is 2.27. The second-order valence-corrected chi connectivity index (χ2v) is 6.73. The molecule has 2 aromatic carbocycles. The van der Waals surface area contributed by atoms with Crippen LogP contribution in [0, 0.1) is 16.3 Å². The predicted molar refractivity (Wildman–Crippen MR) is 99.0 cm³/mol. The lowest BCUT2D eigenvalue weighted by molar-refractivity contribution is 0.622. The van der Waals surface area contributed by atoms with E-state index in [0.29, 0.717) is 0 Å². The molecule has 22 heavy (non-hydrogen) atoms. The molecule has 114 valence electrons. The van der Waals surface area contributed by atoms with E-state index in [4.69, 9.17) is 0 Å². The minimum absolute atomic E-state index is 0.156. The van der Waals surface area contributed by atoms with Crippen molar-refractivity contribution in [3.8, 4) is 0 Å². The summed E-state index contributed by atoms with van der Waals surface area (Å²) in [5, 5.41) is 0. The van der Waals surface area contributed by atoms with E-state index in [9.17, 15) is 4.39 Å². The number of rotatable bonds is 3. The predicted octanol–water partition coefficient (Wildman–Crippen LogP) is 5.09. The third-order valence-electron chi connectivity index (χ3n) is 3.98. The number of para-hydroxylation sites is 1. The maximum Gasteiger partial charge on any atom is 0.147 e. The van der Waals surface area contributed by atoms with Crippen molar-refractivity contribution >= 4 is 40.2 Å². The van der Waals surface area contributed by atoms with Crippen molar-refractivity contribution in [2.75, 3.05) is 18.0 Å². The van der Waals surface area contributed by atoms with E-state index >= 15 is 0 Å². The van der Waals surface area contributed by atoms with Crippen LogP contribution >= 0.6 is 22.6 Å². The zero-order chi connectivity index (χ0) is 15.5. The van der Waals surface area contributed by atoms with Crippen LogP contribution in [-0.4, -0.2) is 19.3 Å². The highest BCUT2D eigenvalue weighted by molar-refractivity contribution is 14.1. The lowest BCUT2D eigenvalue weighted by atomic mass is 10.1. The molecule has 0 atom stereocenters. The number of halogens is 2. The molecule has 0 aliphatic carbocycles. The summed E-state index contributed by atoms with van der Waals surface area (Å²) in [4.78, 5) is 6.62. The third-order valence-corrected chi connectivity index (χ3v) is 4.89. The van der Waals surface area contributed by atoms with Crippen LogP contribution in [0.25, 0.3) is 0 Å². The molecule has 1 aliphatic rings. The largest absolute Gasteiger partial charge is 0.369 e. The molecule has 1 fully saturated rings. The van der Waals surface area contributed by atoms with E-state index in [1.165, 1.54) is 0 Å². The molecule has 2 nitrogen and oxygen atoms in total. The summed E-state index contributed by atoms with van der Waals surface area (Å²) < 4.78 is 15.5. The van der Waals surface area contributed by atoms with Gasteiger partial charge in [-0.1, -0.05) is 12.1 Å². The van der Waals surface area contributed by atoms with Gasteiger partial charge in [0.15, 0.2) is 0 Å². The normalized spacial score (nSPS) is 15.0. The van der Waals surface area contributed by atoms with Gasteiger partial charge in [0.05, 0.1) is 11.4 Å². The molecule has 0 bridgehead atoms. The summed E-state index contributed by atoms with van der Waals surface area (Å²) in [5.74, 6) is -0.156. The van der Waals surface area contributed by atoms with Crippen LogP contribution < -0.4 is 4.90 Å². The molecule has 1 aliphatic heterocycles. The molecule has 0 aromatic heterocycles. The van der Waals surface area contributed by atoms with Gasteiger partial charge in [-0.25, -0.2) is 4.39 Å². The molecule has 0 amide bonds. The first kappa shape index (κ1) is 15.5. The average Bonchev–Trinajstić information content (AvgIpc) is 3.03. The van der Waals surface area contributed by atoms with E-state index in [1.54, 1.807) is 12.3 Å². The van der Waals surface area contributed by atoms with E-state index < -0.39 is 0 Å². The smallest absolute Gasteiger partial charge is 0.147 e. The summed E-state index contributed by atoms with van der Waals surface area (Å²) in [5.41, 5.74) is 3.52. The van der Waals surface area contributed by atoms with Crippen LogP contribution in [-0.2, 0) is 0 Å². The van der Waals surface area contributed by atoms with Crippen molar-refractivity contribution in [1.82, 2.24) is 0 Å². The van der Waals surface area contributed by atoms with Crippen molar-refractivity contribution in [2.45, 2.75) is 19.8 Å². The first-order valence-corrected chi connectivity index (χ1v) is 8.57. The summed E-state index contributed by atoms with van der Waals surface area (Å²) in [6, 6.07) is 11.5. The molecular weight excluding hydrogens is 390 g/mol. The molecule has 0 spiro atoms. The molecule has 2 aromatic rings. The molecule has 0 radical (unpaired) electrons. The van der Waals surface area contributed by atoms with Gasteiger partial charge in [0.2, 0.25) is 0 Å². The number of benzene rings is 2. The van der Waals surface area contributed by atoms with E-state index in [0.717, 1.165) is 52.0 Å². The van der Waals surface area contributed by atoms with Gasteiger partial charge in [0, 0.05) is 22.9 Å². The second kappa shape index (κ2) is 6.77. The molecule has 1 heterocycles. The van der Waals surface area contributed by atoms with E-state index in [-0.39, 0.29) is 5.82 Å². The fraction of sp³-hybridized carbons (Fsp3) is 0.278. The standard InChI is InChI=1S/C18H18FIN2/c1-13-10-18(22-8-4-5-9-22)15(19)11-14(13)12-21-17-7-3-2-6-16(17)20/h2-3,6-7,10-12H,4-5,8-9H2,1H3. The molecule has 3 rings (SSSR count). The fourth-order valence-electron chi connectivity index (χ4n) is 2.72. The maximum absolute atomic E-state index is 14.4. The van der Waals surface area contributed by atoms with Crippen LogP contribution in [0.1, 0.15) is 24.0 Å². The SMILES string of the molecule is Cc1cc(N2CCCC2)c(F)cc1C=Nc1ccccc1I. The van der Waals surface area contributed by atoms with Gasteiger partial charge < -0.3 is 4.90 Å². The van der Waals surface area contributed by atoms with Crippen LogP contribution in [0.5, 0.6) is 0 Å². The lowest BCUT2D eigenvalue weighted by Gasteiger charge is -2.19. The van der Waals surface area contributed by atoms with Gasteiger partial charge in [-0.2, -0.15) is 0 Å². The highest BCUT2D eigenvalue weighted by atomic mass is 127. The molecule has 1 saturated heterocycles. The number of hydrogen-bond acceptors (Lipinski definition) is 2. The molecule has 0 saturated carbocycles. The lowest BCUT2D eigenvalue weighted by Crippen LogP contribution is -2.19. The van der Waals surface area contributed by atoms with Crippen LogP contribution in [0.4, 0.5) is 15.8 Å². The maximum atomic E-state index is 14.4. The van der Waals surface area contributed by atoms with Crippen LogP contribution in [0.15, 0.2) is 41.4 Å². The van der Waals surface area contributed by atoms with E-state index in [2.05, 4.69) is 32.5 Å². The number of hydrogen-bond donors (Lipinski definition) is 0. The Labute approximate surface area is 144 Å². The number of anilines is 1. The second-order valence-electron chi connectivity index (χ2n) is 5.56. The van der Waals surface area contributed by atoms with Crippen molar-refractivity contribution in [3.63, 3.8) is 0 Å². The van der Waals surface area contributed by atoms with Gasteiger partial charge in [0.1, 0.15) is 5.82 Å². The minimum atomic E-state index is -0.156. The molecule has 4 heteroatoms. The van der Waals surface area contributed by atoms with Gasteiger partial charge in [-0.15, -0.1) is 0 Å². The first-order valence-electron chi connectivity index (χ1n) is 7.49. The van der Waals surface area contributed by atoms with Gasteiger partial charge in [-0.05, 0) is 77.7 Å². The Morgan fingerprint density at radius 3 is 2.64 bits per heavy atom. The first-order chi connectivity index (χ1) is 10.6. The molecule has 0 N–H and O–H groups in total. The average molecular weight is 408 g/mol. The van der Waals surface area contributed by atoms with E-state index in [1.807, 2.05) is 37.3 Å². The van der Waals surface area contributed by atoms with Crippen LogP contribution in [0.3, 0.4) is 0 Å². The number of nitrogens with zero attached hydrogens (tertiary/aromatic N) is 2. The van der Waals surface area contributed by atoms with Crippen molar-refractivity contribution in [2.24, 2.45) is 4.99 Å². The molecule has 0 unspecified atom stereocenters. The number of aliphatic imine (C=N–C) groups is 1. The summed E-state index contributed by atoms with van der Waals surface area (Å²) in [6.45, 7) is 3.91. The van der Waals surface area contributed by atoms with Crippen molar-refractivity contribution in [1.29, 1.82) is 0 Å². The Kier molecular flexibility index (Phi) is 4.76. The minimum Gasteiger partial charge on any atom is -0.369 e. The van der Waals surface area contributed by atoms with Crippen molar-refractivity contribution < 1.29 is 4.39 Å². The van der Waals surface area contributed by atoms with Crippen molar-refractivity contribution in [3.05, 3.63) is 56.9 Å². The Bertz CT molecular complexity index is 706. The number of aryl methyl sites for hydroxylation is 1. The Balaban J connectivity index is 1.88. The summed E-state index contributed by atoms with van der Waals surface area (Å²) >= 11 is 2.25. The Hall–Kier alpha value is -1.43. The zero-order valence-corrected chi connectivity index (χ0v) is 14.7. The quantitative estimate of drug-likeness (QED) is 0.511. The zero-order valence-electron chi connectivity index (χ0n) is 12.5. The molecular formula is C18H18FIN2. The van der Waals surface area contributed by atoms with Gasteiger partial charge in [0.25, 0.3) is 0 Å².